The fourth-order valence-corrected chi connectivity index (χ4v) is 0.144. The first-order chi connectivity index (χ1) is 4.81. The molecule has 0 aliphatic heterocycles. The van der Waals surface area contributed by atoms with Crippen LogP contribution in [-0.4, -0.2) is 0 Å². The van der Waals surface area contributed by atoms with E-state index < -0.39 is 0 Å². The van der Waals surface area contributed by atoms with Gasteiger partial charge in [-0.3, -0.25) is 0 Å². The van der Waals surface area contributed by atoms with E-state index in [4.69, 9.17) is 0 Å². The van der Waals surface area contributed by atoms with Crippen LogP contribution in [0.15, 0.2) is 0 Å². The summed E-state index contributed by atoms with van der Waals surface area (Å²) in [6.45, 7) is 17.6. The van der Waals surface area contributed by atoms with Gasteiger partial charge in [0.2, 0.25) is 0 Å². The maximum absolute atomic E-state index is 3.72. The molecule has 0 aromatic rings. The summed E-state index contributed by atoms with van der Waals surface area (Å²) >= 11 is 0. The van der Waals surface area contributed by atoms with Crippen molar-refractivity contribution in [3.8, 4) is 0 Å². The van der Waals surface area contributed by atoms with Crippen LogP contribution in [0, 0.1) is 19.8 Å². The zero-order valence-electron chi connectivity index (χ0n) is 8.98. The normalized spacial score (nSPS) is 6.55. The number of hydrogen-bond donors (Lipinski definition) is 0. The van der Waals surface area contributed by atoms with Gasteiger partial charge in [0.05, 0.1) is 0 Å². The van der Waals surface area contributed by atoms with Gasteiger partial charge in [0.1, 0.15) is 0 Å². The van der Waals surface area contributed by atoms with Crippen molar-refractivity contribution in [1.29, 1.82) is 0 Å². The van der Waals surface area contributed by atoms with Crippen molar-refractivity contribution in [3.63, 3.8) is 0 Å². The molecule has 1 radical (unpaired) electrons. The summed E-state index contributed by atoms with van der Waals surface area (Å²) in [4.78, 5) is 0. The van der Waals surface area contributed by atoms with E-state index in [1.54, 1.807) is 0 Å². The van der Waals surface area contributed by atoms with Crippen molar-refractivity contribution in [3.05, 3.63) is 13.8 Å². The van der Waals surface area contributed by atoms with Crippen LogP contribution < -0.4 is 0 Å². The van der Waals surface area contributed by atoms with Gasteiger partial charge in [0.25, 0.3) is 0 Å². The quantitative estimate of drug-likeness (QED) is 0.629. The van der Waals surface area contributed by atoms with Crippen LogP contribution in [0.1, 0.15) is 47.5 Å². The third-order valence-electron chi connectivity index (χ3n) is 0.986. The first-order valence-corrected chi connectivity index (χ1v) is 4.39. The molecular weight excluding hydrogens is 209 g/mol. The molecule has 0 aromatic heterocycles. The van der Waals surface area contributed by atoms with E-state index in [1.165, 1.54) is 0 Å². The molecule has 0 heterocycles. The Balaban J connectivity index is -0.0000000428. The average Bonchev–Trinajstić information content (AvgIpc) is 2.10. The van der Waals surface area contributed by atoms with Crippen molar-refractivity contribution in [1.82, 2.24) is 0 Å². The predicted octanol–water partition coefficient (Wildman–Crippen LogP) is 4.12. The van der Waals surface area contributed by atoms with E-state index in [0.717, 1.165) is 12.8 Å². The molecule has 0 N–H and O–H groups in total. The summed E-state index contributed by atoms with van der Waals surface area (Å²) < 4.78 is 0. The Kier molecular flexibility index (Phi) is 62.9. The second kappa shape index (κ2) is 30.4. The van der Waals surface area contributed by atoms with Crippen LogP contribution in [0.2, 0.25) is 0 Å². The van der Waals surface area contributed by atoms with Gasteiger partial charge >= 0.3 is 0 Å². The summed E-state index contributed by atoms with van der Waals surface area (Å²) in [6, 6.07) is 0. The molecule has 69 valence electrons. The minimum atomic E-state index is 0. The Morgan fingerprint density at radius 2 is 1.09 bits per heavy atom. The van der Waals surface area contributed by atoms with Crippen LogP contribution in [0.25, 0.3) is 0 Å². The molecule has 11 heavy (non-hydrogen) atoms. The van der Waals surface area contributed by atoms with E-state index in [2.05, 4.69) is 20.8 Å². The second-order valence-electron chi connectivity index (χ2n) is 1.68. The molecule has 0 rings (SSSR count). The third kappa shape index (κ3) is 35.3. The minimum Gasteiger partial charge on any atom is -0.343 e. The van der Waals surface area contributed by atoms with Crippen LogP contribution >= 0.6 is 0 Å². The van der Waals surface area contributed by atoms with E-state index in [9.17, 15) is 0 Å². The summed E-state index contributed by atoms with van der Waals surface area (Å²) in [5, 5.41) is 0. The average molecular weight is 233 g/mol. The molecule has 0 amide bonds. The van der Waals surface area contributed by atoms with Gasteiger partial charge in [0, 0.05) is 32.7 Å². The molecule has 0 spiro atoms. The van der Waals surface area contributed by atoms with Crippen molar-refractivity contribution in [2.45, 2.75) is 47.5 Å². The zero-order valence-corrected chi connectivity index (χ0v) is 11.8. The Morgan fingerprint density at radius 3 is 1.09 bits per heavy atom. The topological polar surface area (TPSA) is 0 Å². The number of rotatable bonds is 2. The van der Waals surface area contributed by atoms with Crippen molar-refractivity contribution in [2.75, 3.05) is 0 Å². The maximum Gasteiger partial charge on any atom is 0 e. The molecule has 0 aliphatic rings. The SMILES string of the molecule is CC.CC.[CH2-]CC(C)C[CH2-].[Y]. The Hall–Kier alpha value is 1.10. The van der Waals surface area contributed by atoms with Gasteiger partial charge in [0.15, 0.2) is 0 Å². The molecule has 0 aromatic carbocycles. The largest absolute Gasteiger partial charge is 0.343 e. The molecule has 0 nitrogen and oxygen atoms in total. The van der Waals surface area contributed by atoms with Crippen molar-refractivity contribution < 1.29 is 32.7 Å². The molecule has 0 bridgehead atoms. The standard InChI is InChI=1S/C6H12.2C2H6.Y/c1-4-6(3)5-2;2*1-2;/h6H,1-2,4-5H2,3H3;2*1-2H3;/q-2;;;. The molecule has 0 aliphatic carbocycles. The van der Waals surface area contributed by atoms with Gasteiger partial charge in [-0.05, 0) is 0 Å². The fraction of sp³-hybridized carbons (Fsp3) is 0.800. The number of hydrogen-bond acceptors (Lipinski definition) is 0. The van der Waals surface area contributed by atoms with E-state index in [0.29, 0.717) is 5.92 Å². The smallest absolute Gasteiger partial charge is 0 e. The van der Waals surface area contributed by atoms with Crippen LogP contribution in [0.5, 0.6) is 0 Å². The van der Waals surface area contributed by atoms with Gasteiger partial charge in [-0.1, -0.05) is 40.5 Å². The molecule has 0 unspecified atom stereocenters. The van der Waals surface area contributed by atoms with Crippen LogP contribution in [0.4, 0.5) is 0 Å². The summed E-state index contributed by atoms with van der Waals surface area (Å²) in [7, 11) is 0. The van der Waals surface area contributed by atoms with Crippen molar-refractivity contribution >= 4 is 0 Å². The molecule has 0 saturated carbocycles. The molecule has 0 atom stereocenters. The maximum atomic E-state index is 3.72. The Morgan fingerprint density at radius 1 is 0.909 bits per heavy atom. The van der Waals surface area contributed by atoms with E-state index in [-0.39, 0.29) is 32.7 Å². The molecule has 0 fully saturated rings. The van der Waals surface area contributed by atoms with E-state index in [1.807, 2.05) is 27.7 Å². The van der Waals surface area contributed by atoms with Crippen LogP contribution in [-0.2, 0) is 32.7 Å². The van der Waals surface area contributed by atoms with Gasteiger partial charge in [-0.25, -0.2) is 0 Å². The molecular formula is C10H24Y-2. The molecule has 0 saturated heterocycles. The first-order valence-electron chi connectivity index (χ1n) is 4.39. The summed E-state index contributed by atoms with van der Waals surface area (Å²) in [6.07, 6.45) is 2.03. The molecule has 1 heteroatoms. The minimum absolute atomic E-state index is 0. The van der Waals surface area contributed by atoms with Crippen LogP contribution in [0.3, 0.4) is 0 Å². The first kappa shape index (κ1) is 22.7. The van der Waals surface area contributed by atoms with Crippen molar-refractivity contribution in [2.24, 2.45) is 5.92 Å². The monoisotopic (exact) mass is 233 g/mol. The Bertz CT molecular complexity index is 24.1. The summed E-state index contributed by atoms with van der Waals surface area (Å²) in [5.74, 6) is 0.713. The van der Waals surface area contributed by atoms with Gasteiger partial charge in [-0.15, -0.1) is 0 Å². The Labute approximate surface area is 99.4 Å². The van der Waals surface area contributed by atoms with E-state index >= 15 is 0 Å². The predicted molar refractivity (Wildman–Crippen MR) is 51.8 cm³/mol. The van der Waals surface area contributed by atoms with Gasteiger partial charge in [-0.2, -0.15) is 12.8 Å². The summed E-state index contributed by atoms with van der Waals surface area (Å²) in [5.41, 5.74) is 0. The third-order valence-corrected chi connectivity index (χ3v) is 0.986. The second-order valence-corrected chi connectivity index (χ2v) is 1.68. The fourth-order valence-electron chi connectivity index (χ4n) is 0.144. The van der Waals surface area contributed by atoms with Gasteiger partial charge < -0.3 is 13.8 Å². The zero-order chi connectivity index (χ0) is 8.99.